The van der Waals surface area contributed by atoms with Gasteiger partial charge in [0.1, 0.15) is 34.4 Å². The maximum atomic E-state index is 16.4. The van der Waals surface area contributed by atoms with Crippen molar-refractivity contribution < 1.29 is 22.8 Å². The molecule has 13 heteroatoms. The molecule has 1 spiro atoms. The van der Waals surface area contributed by atoms with Gasteiger partial charge < -0.3 is 15.2 Å². The van der Waals surface area contributed by atoms with Gasteiger partial charge in [0, 0.05) is 41.2 Å². The Kier molecular flexibility index (Phi) is 5.96. The highest BCUT2D eigenvalue weighted by Gasteiger charge is 2.54. The zero-order valence-corrected chi connectivity index (χ0v) is 25.8. The zero-order valence-electron chi connectivity index (χ0n) is 28.8. The van der Waals surface area contributed by atoms with Gasteiger partial charge in [-0.1, -0.05) is 13.8 Å². The van der Waals surface area contributed by atoms with Crippen LogP contribution in [-0.2, 0) is 23.7 Å². The number of aromatic nitrogens is 5. The molecule has 1 aliphatic carbocycles. The Hall–Kier alpha value is -4.83. The minimum absolute atomic E-state index is 0.00132. The maximum Gasteiger partial charge on any atom is 0.415 e. The average molecular weight is 618 g/mol. The summed E-state index contributed by atoms with van der Waals surface area (Å²) in [5.41, 5.74) is 4.09. The minimum atomic E-state index is -3.17. The number of H-pyrrole nitrogens is 1. The fraction of sp³-hybridized carbons (Fsp3) is 0.438. The van der Waals surface area contributed by atoms with Crippen LogP contribution in [0.5, 0.6) is 5.75 Å². The number of nitrogens with one attached hydrogen (secondary N) is 1. The first-order valence-corrected chi connectivity index (χ1v) is 14.5. The lowest BCUT2D eigenvalue weighted by molar-refractivity contribution is 0.0588. The van der Waals surface area contributed by atoms with Gasteiger partial charge in [-0.2, -0.15) is 15.5 Å². The first-order valence-electron chi connectivity index (χ1n) is 16.0. The number of halogens is 1. The summed E-state index contributed by atoms with van der Waals surface area (Å²) in [5, 5.41) is 21.0. The third kappa shape index (κ3) is 4.99. The summed E-state index contributed by atoms with van der Waals surface area (Å²) in [6.45, 7) is 5.33. The smallest absolute Gasteiger partial charge is 0.415 e. The van der Waals surface area contributed by atoms with Crippen LogP contribution in [0.2, 0.25) is 0 Å². The lowest BCUT2D eigenvalue weighted by Crippen LogP contribution is -2.36. The number of pyridine rings is 1. The average Bonchev–Trinajstić information content (AvgIpc) is 3.59. The van der Waals surface area contributed by atoms with E-state index < -0.39 is 46.9 Å². The SMILES string of the molecule is [2H]C([2H])([2H])N(C(=O)OC(C)(C)C)c1nc(-c2cnn(C)c2-c2c(F)cc3c(c2C#N)OC2(CC2)CC3(C)C)cc2c(CN)n[nH]c(=O)c12. The van der Waals surface area contributed by atoms with Gasteiger partial charge in [-0.15, -0.1) is 0 Å². The summed E-state index contributed by atoms with van der Waals surface area (Å²) in [6, 6.07) is 4.98. The van der Waals surface area contributed by atoms with Gasteiger partial charge in [0.15, 0.2) is 5.82 Å². The molecule has 1 fully saturated rings. The van der Waals surface area contributed by atoms with E-state index in [-0.39, 0.29) is 51.1 Å². The number of nitrogens with zero attached hydrogens (tertiary/aromatic N) is 6. The van der Waals surface area contributed by atoms with Crippen molar-refractivity contribution in [2.24, 2.45) is 12.8 Å². The van der Waals surface area contributed by atoms with Crippen molar-refractivity contribution in [3.8, 4) is 34.3 Å². The standard InChI is InChI=1S/C32H35FN8O4/c1-30(2,3)45-29(43)40(6)27-24-16(22(13-35)38-39-28(24)42)10-21(37-27)18-14-36-41(7)25(18)23-17(12-34)26-19(11-20(23)33)31(4,5)15-32(44-26)8-9-32/h10-11,14H,8-9,13,15,35H2,1-7H3,(H,39,42)/i6D3. The summed E-state index contributed by atoms with van der Waals surface area (Å²) in [5.74, 6) is -0.947. The number of fused-ring (bicyclic) bond motifs is 2. The van der Waals surface area contributed by atoms with E-state index in [2.05, 4.69) is 26.3 Å². The van der Waals surface area contributed by atoms with Crippen molar-refractivity contribution in [3.63, 3.8) is 0 Å². The number of ether oxygens (including phenoxy) is 2. The van der Waals surface area contributed by atoms with Crippen LogP contribution >= 0.6 is 0 Å². The minimum Gasteiger partial charge on any atom is -0.486 e. The molecule has 1 aliphatic heterocycles. The number of nitrogens with two attached hydrogens (primary N) is 1. The van der Waals surface area contributed by atoms with E-state index in [1.54, 1.807) is 27.8 Å². The predicted octanol–water partition coefficient (Wildman–Crippen LogP) is 4.82. The molecule has 3 aromatic heterocycles. The van der Waals surface area contributed by atoms with Crippen LogP contribution in [0.15, 0.2) is 23.1 Å². The summed E-state index contributed by atoms with van der Waals surface area (Å²) < 4.78 is 54.3. The van der Waals surface area contributed by atoms with Crippen LogP contribution < -0.4 is 20.9 Å². The first-order chi connectivity index (χ1) is 22.3. The molecule has 234 valence electrons. The van der Waals surface area contributed by atoms with Gasteiger partial charge in [0.25, 0.3) is 5.56 Å². The molecule has 0 radical (unpaired) electrons. The monoisotopic (exact) mass is 617 g/mol. The Labute approximate surface area is 263 Å². The van der Waals surface area contributed by atoms with E-state index in [0.717, 1.165) is 12.8 Å². The van der Waals surface area contributed by atoms with Gasteiger partial charge >= 0.3 is 6.09 Å². The van der Waals surface area contributed by atoms with Crippen molar-refractivity contribution in [1.29, 1.82) is 5.26 Å². The molecule has 0 atom stereocenters. The van der Waals surface area contributed by atoms with Gasteiger partial charge in [-0.25, -0.2) is 19.3 Å². The Morgan fingerprint density at radius 1 is 1.36 bits per heavy atom. The molecule has 1 amide bonds. The molecule has 45 heavy (non-hydrogen) atoms. The molecule has 6 rings (SSSR count). The van der Waals surface area contributed by atoms with Gasteiger partial charge in [0.05, 0.1) is 34.2 Å². The largest absolute Gasteiger partial charge is 0.486 e. The number of amides is 1. The van der Waals surface area contributed by atoms with Crippen LogP contribution in [0.3, 0.4) is 0 Å². The highest BCUT2D eigenvalue weighted by Crippen LogP contribution is 2.57. The number of rotatable bonds is 4. The number of benzene rings is 1. The van der Waals surface area contributed by atoms with Crippen LogP contribution in [-0.4, -0.2) is 49.2 Å². The molecule has 0 unspecified atom stereocenters. The second-order valence-corrected chi connectivity index (χ2v) is 13.2. The fourth-order valence-electron chi connectivity index (χ4n) is 6.14. The number of hydrogen-bond acceptors (Lipinski definition) is 9. The molecule has 0 saturated heterocycles. The molecule has 1 aromatic carbocycles. The molecule has 4 aromatic rings. The van der Waals surface area contributed by atoms with Crippen LogP contribution in [0, 0.1) is 17.1 Å². The Morgan fingerprint density at radius 2 is 2.09 bits per heavy atom. The highest BCUT2D eigenvalue weighted by atomic mass is 19.1. The summed E-state index contributed by atoms with van der Waals surface area (Å²) >= 11 is 0. The van der Waals surface area contributed by atoms with E-state index in [4.69, 9.17) is 19.3 Å². The van der Waals surface area contributed by atoms with Gasteiger partial charge in [0.2, 0.25) is 0 Å². The number of carbonyl (C=O) groups is 1. The number of aryl methyl sites for hydroxylation is 1. The molecule has 2 aliphatic rings. The van der Waals surface area contributed by atoms with E-state index in [1.165, 1.54) is 23.0 Å². The maximum absolute atomic E-state index is 16.4. The fourth-order valence-corrected chi connectivity index (χ4v) is 6.14. The number of hydrogen-bond donors (Lipinski definition) is 2. The van der Waals surface area contributed by atoms with Gasteiger partial charge in [-0.3, -0.25) is 14.4 Å². The van der Waals surface area contributed by atoms with Crippen molar-refractivity contribution in [3.05, 3.63) is 51.3 Å². The van der Waals surface area contributed by atoms with E-state index >= 15 is 4.39 Å². The Bertz CT molecular complexity index is 2110. The van der Waals surface area contributed by atoms with Gasteiger partial charge in [-0.05, 0) is 57.6 Å². The third-order valence-corrected chi connectivity index (χ3v) is 8.23. The normalized spacial score (nSPS) is 17.4. The van der Waals surface area contributed by atoms with E-state index in [0.29, 0.717) is 22.6 Å². The molecule has 1 saturated carbocycles. The summed E-state index contributed by atoms with van der Waals surface area (Å²) in [4.78, 5) is 31.6. The lowest BCUT2D eigenvalue weighted by atomic mass is 9.75. The number of nitriles is 1. The van der Waals surface area contributed by atoms with E-state index in [1.807, 2.05) is 13.8 Å². The van der Waals surface area contributed by atoms with Crippen molar-refractivity contribution in [2.75, 3.05) is 11.9 Å². The zero-order chi connectivity index (χ0) is 35.1. The summed E-state index contributed by atoms with van der Waals surface area (Å²) in [6.07, 6.45) is 2.42. The number of anilines is 1. The second kappa shape index (κ2) is 10.1. The quantitative estimate of drug-likeness (QED) is 0.327. The lowest BCUT2D eigenvalue weighted by Gasteiger charge is -2.39. The molecule has 12 nitrogen and oxygen atoms in total. The third-order valence-electron chi connectivity index (χ3n) is 8.23. The predicted molar refractivity (Wildman–Crippen MR) is 165 cm³/mol. The number of carbonyl (C=O) groups excluding carboxylic acids is 1. The second-order valence-electron chi connectivity index (χ2n) is 13.2. The highest BCUT2D eigenvalue weighted by molar-refractivity contribution is 6.02. The molecular weight excluding hydrogens is 579 g/mol. The summed E-state index contributed by atoms with van der Waals surface area (Å²) in [7, 11) is 1.56. The Morgan fingerprint density at radius 3 is 2.71 bits per heavy atom. The molecule has 3 N–H and O–H groups in total. The van der Waals surface area contributed by atoms with Crippen LogP contribution in [0.1, 0.15) is 74.8 Å². The van der Waals surface area contributed by atoms with Crippen molar-refractivity contribution in [1.82, 2.24) is 25.0 Å². The first kappa shape index (κ1) is 26.6. The van der Waals surface area contributed by atoms with Crippen molar-refractivity contribution in [2.45, 2.75) is 77.0 Å². The molecular formula is C32H35FN8O4. The Balaban J connectivity index is 1.66. The number of aromatic amines is 1. The molecule has 4 heterocycles. The van der Waals surface area contributed by atoms with E-state index in [9.17, 15) is 14.9 Å². The van der Waals surface area contributed by atoms with Crippen LogP contribution in [0.25, 0.3) is 33.3 Å². The molecule has 0 bridgehead atoms. The van der Waals surface area contributed by atoms with Crippen LogP contribution in [0.4, 0.5) is 15.0 Å². The topological polar surface area (TPSA) is 165 Å². The van der Waals surface area contributed by atoms with Crippen molar-refractivity contribution >= 4 is 22.7 Å².